The van der Waals surface area contributed by atoms with Gasteiger partial charge in [-0.3, -0.25) is 0 Å². The van der Waals surface area contributed by atoms with E-state index < -0.39 is 11.6 Å². The van der Waals surface area contributed by atoms with Crippen LogP contribution >= 0.6 is 11.6 Å². The fraction of sp³-hybridized carbons (Fsp3) is 0.130. The summed E-state index contributed by atoms with van der Waals surface area (Å²) in [5.74, 6) is 0.0177. The molecule has 0 amide bonds. The van der Waals surface area contributed by atoms with E-state index in [1.165, 1.54) is 6.07 Å². The van der Waals surface area contributed by atoms with Crippen molar-refractivity contribution in [3.63, 3.8) is 0 Å². The zero-order valence-electron chi connectivity index (χ0n) is 15.6. The van der Waals surface area contributed by atoms with Crippen LogP contribution in [0.1, 0.15) is 11.1 Å². The maximum atomic E-state index is 12.2. The molecule has 146 valence electrons. The summed E-state index contributed by atoms with van der Waals surface area (Å²) < 4.78 is 16.2. The lowest BCUT2D eigenvalue weighted by molar-refractivity contribution is -0.147. The van der Waals surface area contributed by atoms with Gasteiger partial charge in [0, 0.05) is 22.0 Å². The van der Waals surface area contributed by atoms with Gasteiger partial charge in [-0.25, -0.2) is 9.59 Å². The average molecular weight is 409 g/mol. The second-order valence-electron chi connectivity index (χ2n) is 6.61. The smallest absolute Gasteiger partial charge is 0.344 e. The van der Waals surface area contributed by atoms with E-state index in [2.05, 4.69) is 0 Å². The van der Waals surface area contributed by atoms with Crippen LogP contribution in [-0.2, 0) is 16.1 Å². The lowest BCUT2D eigenvalue weighted by Crippen LogP contribution is -2.15. The van der Waals surface area contributed by atoms with Gasteiger partial charge in [-0.1, -0.05) is 41.9 Å². The fourth-order valence-electron chi connectivity index (χ4n) is 3.25. The molecule has 5 nitrogen and oxygen atoms in total. The van der Waals surface area contributed by atoms with Crippen LogP contribution in [0.4, 0.5) is 0 Å². The maximum absolute atomic E-state index is 12.2. The summed E-state index contributed by atoms with van der Waals surface area (Å²) in [6, 6.07) is 17.9. The number of aryl methyl sites for hydroxylation is 1. The predicted octanol–water partition coefficient (Wildman–Crippen LogP) is 5.03. The molecule has 0 atom stereocenters. The Hall–Kier alpha value is -3.31. The van der Waals surface area contributed by atoms with Gasteiger partial charge >= 0.3 is 11.6 Å². The van der Waals surface area contributed by atoms with Crippen LogP contribution in [0, 0.1) is 6.92 Å². The first-order valence-electron chi connectivity index (χ1n) is 9.00. The van der Waals surface area contributed by atoms with Gasteiger partial charge in [0.25, 0.3) is 0 Å². The normalized spacial score (nSPS) is 11.0. The molecule has 29 heavy (non-hydrogen) atoms. The van der Waals surface area contributed by atoms with Crippen molar-refractivity contribution < 1.29 is 18.7 Å². The number of hydrogen-bond acceptors (Lipinski definition) is 5. The molecular formula is C23H17ClO5. The second kappa shape index (κ2) is 7.97. The van der Waals surface area contributed by atoms with Crippen molar-refractivity contribution in [2.75, 3.05) is 6.61 Å². The van der Waals surface area contributed by atoms with Crippen molar-refractivity contribution in [3.8, 4) is 5.75 Å². The van der Waals surface area contributed by atoms with E-state index in [-0.39, 0.29) is 13.2 Å². The van der Waals surface area contributed by atoms with Crippen molar-refractivity contribution in [2.24, 2.45) is 0 Å². The molecule has 4 aromatic rings. The molecule has 4 rings (SSSR count). The quantitative estimate of drug-likeness (QED) is 0.263. The SMILES string of the molecule is Cc1cc(Cl)ccc1OCC(=O)OCc1cc(=O)oc2ccc3ccccc3c12. The Balaban J connectivity index is 1.54. The Kier molecular flexibility index (Phi) is 5.23. The summed E-state index contributed by atoms with van der Waals surface area (Å²) in [7, 11) is 0. The van der Waals surface area contributed by atoms with Crippen molar-refractivity contribution in [2.45, 2.75) is 13.5 Å². The summed E-state index contributed by atoms with van der Waals surface area (Å²) >= 11 is 5.92. The largest absolute Gasteiger partial charge is 0.482 e. The number of carbonyl (C=O) groups is 1. The van der Waals surface area contributed by atoms with Crippen LogP contribution < -0.4 is 10.4 Å². The molecule has 0 aliphatic rings. The molecule has 3 aromatic carbocycles. The molecule has 0 spiro atoms. The molecule has 0 saturated carbocycles. The van der Waals surface area contributed by atoms with E-state index in [9.17, 15) is 9.59 Å². The lowest BCUT2D eigenvalue weighted by Gasteiger charge is -2.11. The molecule has 0 fully saturated rings. The zero-order chi connectivity index (χ0) is 20.4. The van der Waals surface area contributed by atoms with E-state index in [1.807, 2.05) is 37.3 Å². The van der Waals surface area contributed by atoms with Gasteiger partial charge in [0.05, 0.1) is 0 Å². The minimum Gasteiger partial charge on any atom is -0.482 e. The predicted molar refractivity (Wildman–Crippen MR) is 111 cm³/mol. The minimum atomic E-state index is -0.541. The maximum Gasteiger partial charge on any atom is 0.344 e. The number of ether oxygens (including phenoxy) is 2. The third-order valence-corrected chi connectivity index (χ3v) is 4.82. The number of fused-ring (bicyclic) bond motifs is 3. The average Bonchev–Trinajstić information content (AvgIpc) is 2.71. The summed E-state index contributed by atoms with van der Waals surface area (Å²) in [4.78, 5) is 24.1. The second-order valence-corrected chi connectivity index (χ2v) is 7.05. The molecule has 0 aliphatic heterocycles. The Bertz CT molecular complexity index is 1280. The molecule has 0 radical (unpaired) electrons. The van der Waals surface area contributed by atoms with Gasteiger partial charge in [0.2, 0.25) is 0 Å². The fourth-order valence-corrected chi connectivity index (χ4v) is 3.47. The van der Waals surface area contributed by atoms with E-state index in [0.717, 1.165) is 21.7 Å². The summed E-state index contributed by atoms with van der Waals surface area (Å²) in [6.07, 6.45) is 0. The van der Waals surface area contributed by atoms with E-state index in [4.69, 9.17) is 25.5 Å². The van der Waals surface area contributed by atoms with E-state index in [1.54, 1.807) is 24.3 Å². The third kappa shape index (κ3) is 4.10. The Morgan fingerprint density at radius 2 is 1.90 bits per heavy atom. The van der Waals surface area contributed by atoms with Gasteiger partial charge in [0.1, 0.15) is 17.9 Å². The molecular weight excluding hydrogens is 392 g/mol. The molecule has 0 bridgehead atoms. The van der Waals surface area contributed by atoms with Gasteiger partial charge in [-0.2, -0.15) is 0 Å². The first-order chi connectivity index (χ1) is 14.0. The summed E-state index contributed by atoms with van der Waals surface area (Å²) in [5.41, 5.74) is 1.37. The molecule has 6 heteroatoms. The number of hydrogen-bond donors (Lipinski definition) is 0. The van der Waals surface area contributed by atoms with Crippen LogP contribution in [0.3, 0.4) is 0 Å². The van der Waals surface area contributed by atoms with Crippen molar-refractivity contribution in [1.82, 2.24) is 0 Å². The van der Waals surface area contributed by atoms with Crippen LogP contribution in [0.15, 0.2) is 69.9 Å². The Morgan fingerprint density at radius 1 is 1.07 bits per heavy atom. The minimum absolute atomic E-state index is 0.0576. The number of rotatable bonds is 5. The first-order valence-corrected chi connectivity index (χ1v) is 9.38. The standard InChI is InChI=1S/C23H17ClO5/c1-14-10-17(24)7-9-19(14)27-13-22(26)28-12-16-11-21(25)29-20-8-6-15-4-2-3-5-18(15)23(16)20/h2-11H,12-13H2,1H3. The molecule has 0 saturated heterocycles. The topological polar surface area (TPSA) is 65.7 Å². The molecule has 0 unspecified atom stereocenters. The highest BCUT2D eigenvalue weighted by molar-refractivity contribution is 6.30. The van der Waals surface area contributed by atoms with E-state index in [0.29, 0.717) is 21.9 Å². The Labute approximate surface area is 171 Å². The number of esters is 1. The molecule has 1 aromatic heterocycles. The molecule has 1 heterocycles. The monoisotopic (exact) mass is 408 g/mol. The molecule has 0 N–H and O–H groups in total. The van der Waals surface area contributed by atoms with Crippen LogP contribution in [0.25, 0.3) is 21.7 Å². The highest BCUT2D eigenvalue weighted by Crippen LogP contribution is 2.28. The lowest BCUT2D eigenvalue weighted by atomic mass is 10.0. The van der Waals surface area contributed by atoms with E-state index >= 15 is 0 Å². The third-order valence-electron chi connectivity index (χ3n) is 4.59. The van der Waals surface area contributed by atoms with Gasteiger partial charge < -0.3 is 13.9 Å². The van der Waals surface area contributed by atoms with Crippen LogP contribution in [-0.4, -0.2) is 12.6 Å². The van der Waals surface area contributed by atoms with Crippen molar-refractivity contribution in [1.29, 1.82) is 0 Å². The summed E-state index contributed by atoms with van der Waals surface area (Å²) in [5, 5.41) is 3.28. The number of halogens is 1. The van der Waals surface area contributed by atoms with Gasteiger partial charge in [0.15, 0.2) is 6.61 Å². The van der Waals surface area contributed by atoms with Gasteiger partial charge in [-0.15, -0.1) is 0 Å². The van der Waals surface area contributed by atoms with Crippen molar-refractivity contribution >= 4 is 39.3 Å². The van der Waals surface area contributed by atoms with Crippen molar-refractivity contribution in [3.05, 3.63) is 87.2 Å². The number of benzene rings is 3. The van der Waals surface area contributed by atoms with Gasteiger partial charge in [-0.05, 0) is 47.5 Å². The first kappa shape index (κ1) is 19.0. The molecule has 0 aliphatic carbocycles. The Morgan fingerprint density at radius 3 is 2.72 bits per heavy atom. The van der Waals surface area contributed by atoms with Crippen LogP contribution in [0.5, 0.6) is 5.75 Å². The van der Waals surface area contributed by atoms with Crippen LogP contribution in [0.2, 0.25) is 5.02 Å². The highest BCUT2D eigenvalue weighted by Gasteiger charge is 2.13. The number of carbonyl (C=O) groups excluding carboxylic acids is 1. The summed E-state index contributed by atoms with van der Waals surface area (Å²) in [6.45, 7) is 1.54. The highest BCUT2D eigenvalue weighted by atomic mass is 35.5. The zero-order valence-corrected chi connectivity index (χ0v) is 16.4.